The van der Waals surface area contributed by atoms with Crippen LogP contribution in [0.4, 0.5) is 10.5 Å². The molecule has 1 saturated heterocycles. The van der Waals surface area contributed by atoms with Crippen LogP contribution in [0.2, 0.25) is 10.0 Å². The molecule has 2 aromatic carbocycles. The molecule has 0 saturated carbocycles. The molecule has 5 rings (SSSR count). The van der Waals surface area contributed by atoms with Gasteiger partial charge in [-0.1, -0.05) is 23.2 Å². The highest BCUT2D eigenvalue weighted by atomic mass is 35.5. The number of amides is 2. The summed E-state index contributed by atoms with van der Waals surface area (Å²) in [4.78, 5) is 14.5. The van der Waals surface area contributed by atoms with E-state index in [-0.39, 0.29) is 18.7 Å². The van der Waals surface area contributed by atoms with E-state index in [0.29, 0.717) is 52.1 Å². The first-order valence-corrected chi connectivity index (χ1v) is 10.6. The van der Waals surface area contributed by atoms with Gasteiger partial charge in [0.05, 0.1) is 16.0 Å². The summed E-state index contributed by atoms with van der Waals surface area (Å²) < 4.78 is 16.7. The summed E-state index contributed by atoms with van der Waals surface area (Å²) in [5.74, 6) is 2.23. The number of halogens is 2. The summed E-state index contributed by atoms with van der Waals surface area (Å²) >= 11 is 12.0. The molecule has 0 bridgehead atoms. The largest absolute Gasteiger partial charge is 0.454 e. The van der Waals surface area contributed by atoms with Crippen molar-refractivity contribution in [3.63, 3.8) is 0 Å². The molecule has 8 nitrogen and oxygen atoms in total. The lowest BCUT2D eigenvalue weighted by atomic mass is 9.98. The summed E-state index contributed by atoms with van der Waals surface area (Å²) in [5, 5.41) is 12.1. The zero-order chi connectivity index (χ0) is 21.4. The minimum atomic E-state index is -0.210. The maximum atomic E-state index is 12.7. The Morgan fingerprint density at radius 2 is 1.94 bits per heavy atom. The Bertz CT molecular complexity index is 1140. The first-order chi connectivity index (χ1) is 15.1. The van der Waals surface area contributed by atoms with E-state index in [9.17, 15) is 4.79 Å². The van der Waals surface area contributed by atoms with Crippen molar-refractivity contribution in [2.24, 2.45) is 0 Å². The number of likely N-dealkylation sites (tertiary alicyclic amines) is 1. The van der Waals surface area contributed by atoms with Crippen LogP contribution in [0.25, 0.3) is 11.5 Å². The highest BCUT2D eigenvalue weighted by Gasteiger charge is 2.29. The summed E-state index contributed by atoms with van der Waals surface area (Å²) in [7, 11) is 0. The molecule has 1 unspecified atom stereocenters. The van der Waals surface area contributed by atoms with Gasteiger partial charge in [-0.2, -0.15) is 0 Å². The molecule has 2 aliphatic heterocycles. The van der Waals surface area contributed by atoms with Crippen LogP contribution in [-0.4, -0.2) is 41.0 Å². The molecular formula is C21H18Cl2N4O4. The highest BCUT2D eigenvalue weighted by Crippen LogP contribution is 2.36. The van der Waals surface area contributed by atoms with E-state index < -0.39 is 0 Å². The normalized spacial score (nSPS) is 17.6. The Morgan fingerprint density at radius 1 is 1.06 bits per heavy atom. The van der Waals surface area contributed by atoms with Crippen LogP contribution >= 0.6 is 23.2 Å². The number of aromatic nitrogens is 2. The number of urea groups is 1. The van der Waals surface area contributed by atoms with Gasteiger partial charge in [0.15, 0.2) is 11.5 Å². The van der Waals surface area contributed by atoms with Gasteiger partial charge in [-0.3, -0.25) is 0 Å². The Balaban J connectivity index is 1.27. The number of piperidine rings is 1. The second-order valence-corrected chi connectivity index (χ2v) is 8.17. The fourth-order valence-electron chi connectivity index (χ4n) is 3.69. The number of rotatable bonds is 3. The second kappa shape index (κ2) is 8.28. The number of carbonyl (C=O) groups excluding carboxylic acids is 1. The van der Waals surface area contributed by atoms with Gasteiger partial charge in [0.2, 0.25) is 18.6 Å². The molecule has 0 aliphatic carbocycles. The maximum Gasteiger partial charge on any atom is 0.321 e. The van der Waals surface area contributed by atoms with E-state index in [4.69, 9.17) is 37.1 Å². The molecule has 0 radical (unpaired) electrons. The summed E-state index contributed by atoms with van der Waals surface area (Å²) in [6.07, 6.45) is 1.69. The number of nitrogens with zero attached hydrogens (tertiary/aromatic N) is 3. The second-order valence-electron chi connectivity index (χ2n) is 7.36. The first kappa shape index (κ1) is 20.0. The Labute approximate surface area is 188 Å². The summed E-state index contributed by atoms with van der Waals surface area (Å²) in [6, 6.07) is 10.3. The van der Waals surface area contributed by atoms with Crippen LogP contribution in [0.1, 0.15) is 24.7 Å². The molecule has 0 spiro atoms. The number of hydrogen-bond donors (Lipinski definition) is 1. The number of hydrogen-bond acceptors (Lipinski definition) is 6. The van der Waals surface area contributed by atoms with Crippen LogP contribution < -0.4 is 14.8 Å². The van der Waals surface area contributed by atoms with E-state index in [2.05, 4.69) is 15.5 Å². The third-order valence-electron chi connectivity index (χ3n) is 5.29. The molecule has 160 valence electrons. The SMILES string of the molecule is O=C(Nc1ccc(Cl)c(Cl)c1)N1CCCC(c2nnc(-c3ccc4c(c3)OCO4)o2)C1. The maximum absolute atomic E-state index is 12.7. The van der Waals surface area contributed by atoms with Crippen molar-refractivity contribution in [3.05, 3.63) is 52.3 Å². The van der Waals surface area contributed by atoms with Crippen molar-refractivity contribution in [2.75, 3.05) is 25.2 Å². The van der Waals surface area contributed by atoms with Gasteiger partial charge in [-0.25, -0.2) is 4.79 Å². The smallest absolute Gasteiger partial charge is 0.321 e. The number of benzene rings is 2. The third-order valence-corrected chi connectivity index (χ3v) is 6.03. The van der Waals surface area contributed by atoms with Gasteiger partial charge in [0.25, 0.3) is 0 Å². The summed E-state index contributed by atoms with van der Waals surface area (Å²) in [6.45, 7) is 1.33. The van der Waals surface area contributed by atoms with Gasteiger partial charge < -0.3 is 24.1 Å². The predicted molar refractivity (Wildman–Crippen MR) is 115 cm³/mol. The topological polar surface area (TPSA) is 89.7 Å². The zero-order valence-corrected chi connectivity index (χ0v) is 17.8. The number of anilines is 1. The summed E-state index contributed by atoms with van der Waals surface area (Å²) in [5.41, 5.74) is 1.34. The lowest BCUT2D eigenvalue weighted by Crippen LogP contribution is -2.41. The van der Waals surface area contributed by atoms with E-state index in [1.807, 2.05) is 18.2 Å². The standard InChI is InChI=1S/C21H18Cl2N4O4/c22-15-5-4-14(9-16(15)23)24-21(28)27-7-1-2-13(10-27)20-26-25-19(31-20)12-3-6-17-18(8-12)30-11-29-17/h3-6,8-9,13H,1-2,7,10-11H2,(H,24,28). The van der Waals surface area contributed by atoms with Gasteiger partial charge >= 0.3 is 6.03 Å². The first-order valence-electron chi connectivity index (χ1n) is 9.81. The van der Waals surface area contributed by atoms with Crippen LogP contribution in [0.3, 0.4) is 0 Å². The van der Waals surface area contributed by atoms with Crippen LogP contribution in [0.5, 0.6) is 11.5 Å². The molecule has 1 aromatic heterocycles. The van der Waals surface area contributed by atoms with Gasteiger partial charge in [-0.15, -0.1) is 10.2 Å². The third kappa shape index (κ3) is 4.13. The van der Waals surface area contributed by atoms with Crippen molar-refractivity contribution < 1.29 is 18.7 Å². The molecular weight excluding hydrogens is 443 g/mol. The quantitative estimate of drug-likeness (QED) is 0.578. The van der Waals surface area contributed by atoms with Crippen molar-refractivity contribution in [1.82, 2.24) is 15.1 Å². The van der Waals surface area contributed by atoms with Gasteiger partial charge in [0.1, 0.15) is 0 Å². The minimum absolute atomic E-state index is 0.0384. The molecule has 10 heteroatoms. The fourth-order valence-corrected chi connectivity index (χ4v) is 3.98. The Kier molecular flexibility index (Phi) is 5.33. The van der Waals surface area contributed by atoms with E-state index in [1.54, 1.807) is 23.1 Å². The molecule has 31 heavy (non-hydrogen) atoms. The Hall–Kier alpha value is -2.97. The van der Waals surface area contributed by atoms with E-state index in [0.717, 1.165) is 18.4 Å². The average Bonchev–Trinajstić information content (AvgIpc) is 3.45. The van der Waals surface area contributed by atoms with E-state index >= 15 is 0 Å². The fraction of sp³-hybridized carbons (Fsp3) is 0.286. The Morgan fingerprint density at radius 3 is 2.81 bits per heavy atom. The molecule has 2 amide bonds. The van der Waals surface area contributed by atoms with Crippen LogP contribution in [0, 0.1) is 0 Å². The molecule has 1 N–H and O–H groups in total. The van der Waals surface area contributed by atoms with Crippen LogP contribution in [0.15, 0.2) is 40.8 Å². The average molecular weight is 461 g/mol. The van der Waals surface area contributed by atoms with E-state index in [1.165, 1.54) is 0 Å². The zero-order valence-electron chi connectivity index (χ0n) is 16.3. The monoisotopic (exact) mass is 460 g/mol. The van der Waals surface area contributed by atoms with Crippen molar-refractivity contribution in [1.29, 1.82) is 0 Å². The van der Waals surface area contributed by atoms with Crippen molar-refractivity contribution >= 4 is 34.9 Å². The van der Waals surface area contributed by atoms with Crippen molar-refractivity contribution in [2.45, 2.75) is 18.8 Å². The number of ether oxygens (including phenoxy) is 2. The number of nitrogens with one attached hydrogen (secondary N) is 1. The molecule has 1 fully saturated rings. The molecule has 1 atom stereocenters. The highest BCUT2D eigenvalue weighted by molar-refractivity contribution is 6.42. The predicted octanol–water partition coefficient (Wildman–Crippen LogP) is 5.18. The number of fused-ring (bicyclic) bond motifs is 1. The van der Waals surface area contributed by atoms with Crippen molar-refractivity contribution in [3.8, 4) is 23.0 Å². The lowest BCUT2D eigenvalue weighted by molar-refractivity contribution is 0.174. The lowest BCUT2D eigenvalue weighted by Gasteiger charge is -2.31. The minimum Gasteiger partial charge on any atom is -0.454 e. The number of carbonyl (C=O) groups is 1. The molecule has 3 aromatic rings. The van der Waals surface area contributed by atoms with Gasteiger partial charge in [0, 0.05) is 24.3 Å². The van der Waals surface area contributed by atoms with Gasteiger partial charge in [-0.05, 0) is 49.2 Å². The molecule has 3 heterocycles. The van der Waals surface area contributed by atoms with Crippen LogP contribution in [-0.2, 0) is 0 Å². The molecule has 2 aliphatic rings.